The highest BCUT2D eigenvalue weighted by Gasteiger charge is 2.14. The maximum Gasteiger partial charge on any atom is 0.338 e. The van der Waals surface area contributed by atoms with Crippen LogP contribution in [0.4, 0.5) is 5.69 Å². The topological polar surface area (TPSA) is 95.7 Å². The Labute approximate surface area is 112 Å². The van der Waals surface area contributed by atoms with Crippen LogP contribution in [0.25, 0.3) is 0 Å². The average Bonchev–Trinajstić information content (AvgIpc) is 2.32. The number of sulfone groups is 1. The van der Waals surface area contributed by atoms with Crippen molar-refractivity contribution >= 4 is 21.5 Å². The van der Waals surface area contributed by atoms with E-state index in [1.165, 1.54) is 18.2 Å². The van der Waals surface area contributed by atoms with E-state index in [1.54, 1.807) is 0 Å². The highest BCUT2D eigenvalue weighted by atomic mass is 32.2. The minimum absolute atomic E-state index is 0.00995. The second-order valence-electron chi connectivity index (χ2n) is 3.90. The van der Waals surface area contributed by atoms with E-state index in [1.807, 2.05) is 6.92 Å². The van der Waals surface area contributed by atoms with Gasteiger partial charge in [0.05, 0.1) is 17.1 Å². The van der Waals surface area contributed by atoms with Crippen LogP contribution >= 0.6 is 0 Å². The molecule has 1 aromatic rings. The SMILES string of the molecule is CCOCCOC(=O)c1cc(N)cc(S(C)(=O)=O)c1. The smallest absolute Gasteiger partial charge is 0.338 e. The molecule has 0 atom stereocenters. The molecule has 6 nitrogen and oxygen atoms in total. The number of hydrogen-bond acceptors (Lipinski definition) is 6. The third-order valence-electron chi connectivity index (χ3n) is 2.26. The van der Waals surface area contributed by atoms with Gasteiger partial charge in [0.15, 0.2) is 9.84 Å². The molecule has 0 aliphatic carbocycles. The monoisotopic (exact) mass is 287 g/mol. The molecule has 0 bridgehead atoms. The summed E-state index contributed by atoms with van der Waals surface area (Å²) in [6, 6.07) is 3.92. The summed E-state index contributed by atoms with van der Waals surface area (Å²) in [5.41, 5.74) is 5.88. The van der Waals surface area contributed by atoms with E-state index < -0.39 is 15.8 Å². The summed E-state index contributed by atoms with van der Waals surface area (Å²) in [5, 5.41) is 0. The number of carbonyl (C=O) groups excluding carboxylic acids is 1. The summed E-state index contributed by atoms with van der Waals surface area (Å²) in [5.74, 6) is -0.628. The first-order valence-electron chi connectivity index (χ1n) is 5.70. The van der Waals surface area contributed by atoms with E-state index in [-0.39, 0.29) is 22.8 Å². The Balaban J connectivity index is 2.83. The highest BCUT2D eigenvalue weighted by molar-refractivity contribution is 7.90. The second kappa shape index (κ2) is 6.53. The van der Waals surface area contributed by atoms with E-state index in [0.717, 1.165) is 6.26 Å². The van der Waals surface area contributed by atoms with Crippen molar-refractivity contribution in [3.8, 4) is 0 Å². The molecule has 0 aliphatic heterocycles. The van der Waals surface area contributed by atoms with Crippen LogP contribution in [-0.4, -0.2) is 40.5 Å². The lowest BCUT2D eigenvalue weighted by Crippen LogP contribution is -2.12. The van der Waals surface area contributed by atoms with Crippen LogP contribution in [0.2, 0.25) is 0 Å². The molecule has 7 heteroatoms. The molecular weight excluding hydrogens is 270 g/mol. The lowest BCUT2D eigenvalue weighted by atomic mass is 10.2. The largest absolute Gasteiger partial charge is 0.460 e. The van der Waals surface area contributed by atoms with Crippen LogP contribution in [0, 0.1) is 0 Å². The van der Waals surface area contributed by atoms with Gasteiger partial charge in [-0.15, -0.1) is 0 Å². The van der Waals surface area contributed by atoms with Gasteiger partial charge in [0.1, 0.15) is 6.61 Å². The first kappa shape index (κ1) is 15.5. The number of benzene rings is 1. The maximum absolute atomic E-state index is 11.7. The molecule has 0 saturated carbocycles. The Morgan fingerprint density at radius 3 is 2.53 bits per heavy atom. The van der Waals surface area contributed by atoms with Gasteiger partial charge >= 0.3 is 5.97 Å². The number of esters is 1. The molecule has 0 amide bonds. The first-order chi connectivity index (χ1) is 8.84. The summed E-state index contributed by atoms with van der Waals surface area (Å²) in [4.78, 5) is 11.7. The van der Waals surface area contributed by atoms with Crippen LogP contribution in [0.3, 0.4) is 0 Å². The van der Waals surface area contributed by atoms with E-state index in [0.29, 0.717) is 13.2 Å². The van der Waals surface area contributed by atoms with Gasteiger partial charge in [0.25, 0.3) is 0 Å². The van der Waals surface area contributed by atoms with Crippen molar-refractivity contribution in [2.45, 2.75) is 11.8 Å². The number of anilines is 1. The van der Waals surface area contributed by atoms with Crippen LogP contribution in [-0.2, 0) is 19.3 Å². The summed E-state index contributed by atoms with van der Waals surface area (Å²) in [6.07, 6.45) is 1.05. The molecule has 106 valence electrons. The van der Waals surface area contributed by atoms with Gasteiger partial charge < -0.3 is 15.2 Å². The number of carbonyl (C=O) groups is 1. The first-order valence-corrected chi connectivity index (χ1v) is 7.59. The van der Waals surface area contributed by atoms with Gasteiger partial charge in [0.2, 0.25) is 0 Å². The fourth-order valence-corrected chi connectivity index (χ4v) is 2.07. The van der Waals surface area contributed by atoms with E-state index in [4.69, 9.17) is 15.2 Å². The summed E-state index contributed by atoms with van der Waals surface area (Å²) < 4.78 is 32.8. The van der Waals surface area contributed by atoms with Gasteiger partial charge in [0, 0.05) is 18.6 Å². The normalized spacial score (nSPS) is 11.3. The van der Waals surface area contributed by atoms with Crippen LogP contribution in [0.5, 0.6) is 0 Å². The van der Waals surface area contributed by atoms with Gasteiger partial charge in [-0.25, -0.2) is 13.2 Å². The maximum atomic E-state index is 11.7. The third kappa shape index (κ3) is 4.88. The molecule has 0 fully saturated rings. The zero-order chi connectivity index (χ0) is 14.5. The predicted octanol–water partition coefficient (Wildman–Crippen LogP) is 0.866. The van der Waals surface area contributed by atoms with Gasteiger partial charge in [-0.2, -0.15) is 0 Å². The van der Waals surface area contributed by atoms with Crippen molar-refractivity contribution in [1.82, 2.24) is 0 Å². The number of rotatable bonds is 6. The lowest BCUT2D eigenvalue weighted by molar-refractivity contribution is 0.0335. The number of nitrogens with two attached hydrogens (primary N) is 1. The van der Waals surface area contributed by atoms with Gasteiger partial charge in [-0.1, -0.05) is 0 Å². The molecule has 1 rings (SSSR count). The molecule has 2 N–H and O–H groups in total. The van der Waals surface area contributed by atoms with Crippen molar-refractivity contribution in [2.75, 3.05) is 31.8 Å². The Bertz CT molecular complexity index is 553. The van der Waals surface area contributed by atoms with Crippen LogP contribution < -0.4 is 5.73 Å². The Morgan fingerprint density at radius 2 is 1.95 bits per heavy atom. The highest BCUT2D eigenvalue weighted by Crippen LogP contribution is 2.17. The second-order valence-corrected chi connectivity index (χ2v) is 5.91. The number of hydrogen-bond donors (Lipinski definition) is 1. The third-order valence-corrected chi connectivity index (χ3v) is 3.35. The quantitative estimate of drug-likeness (QED) is 0.474. The summed E-state index contributed by atoms with van der Waals surface area (Å²) in [6.45, 7) is 2.77. The van der Waals surface area contributed by atoms with Crippen molar-refractivity contribution in [2.24, 2.45) is 0 Å². The molecule has 0 aliphatic rings. The minimum Gasteiger partial charge on any atom is -0.460 e. The molecule has 19 heavy (non-hydrogen) atoms. The fourth-order valence-electron chi connectivity index (χ4n) is 1.37. The van der Waals surface area contributed by atoms with Gasteiger partial charge in [-0.3, -0.25) is 0 Å². The Morgan fingerprint density at radius 1 is 1.26 bits per heavy atom. The zero-order valence-corrected chi connectivity index (χ0v) is 11.7. The standard InChI is InChI=1S/C12H17NO5S/c1-3-17-4-5-18-12(14)9-6-10(13)8-11(7-9)19(2,15)16/h6-8H,3-5,13H2,1-2H3. The van der Waals surface area contributed by atoms with Gasteiger partial charge in [-0.05, 0) is 25.1 Å². The molecule has 0 heterocycles. The van der Waals surface area contributed by atoms with E-state index in [2.05, 4.69) is 0 Å². The molecule has 0 unspecified atom stereocenters. The minimum atomic E-state index is -3.42. The summed E-state index contributed by atoms with van der Waals surface area (Å²) >= 11 is 0. The van der Waals surface area contributed by atoms with E-state index >= 15 is 0 Å². The fraction of sp³-hybridized carbons (Fsp3) is 0.417. The van der Waals surface area contributed by atoms with Crippen molar-refractivity contribution < 1.29 is 22.7 Å². The van der Waals surface area contributed by atoms with Crippen molar-refractivity contribution in [3.63, 3.8) is 0 Å². The number of ether oxygens (including phenoxy) is 2. The van der Waals surface area contributed by atoms with Crippen LogP contribution in [0.1, 0.15) is 17.3 Å². The molecule has 0 spiro atoms. The average molecular weight is 287 g/mol. The molecule has 0 aromatic heterocycles. The van der Waals surface area contributed by atoms with Crippen molar-refractivity contribution in [3.05, 3.63) is 23.8 Å². The van der Waals surface area contributed by atoms with Crippen LogP contribution in [0.15, 0.2) is 23.1 Å². The molecule has 0 saturated heterocycles. The Kier molecular flexibility index (Phi) is 5.31. The summed E-state index contributed by atoms with van der Waals surface area (Å²) in [7, 11) is -3.42. The Hall–Kier alpha value is -1.60. The zero-order valence-electron chi connectivity index (χ0n) is 10.9. The molecular formula is C12H17NO5S. The van der Waals surface area contributed by atoms with Crippen molar-refractivity contribution in [1.29, 1.82) is 0 Å². The molecule has 0 radical (unpaired) electrons. The van der Waals surface area contributed by atoms with E-state index in [9.17, 15) is 13.2 Å². The molecule has 1 aromatic carbocycles. The number of nitrogen functional groups attached to an aromatic ring is 1. The predicted molar refractivity (Wildman–Crippen MR) is 70.7 cm³/mol. The lowest BCUT2D eigenvalue weighted by Gasteiger charge is -2.07.